The summed E-state index contributed by atoms with van der Waals surface area (Å²) in [6.45, 7) is 4.36. The Kier molecular flexibility index (Phi) is 4.70. The first-order chi connectivity index (χ1) is 11.0. The second-order valence-electron chi connectivity index (χ2n) is 6.03. The number of benzene rings is 1. The largest absolute Gasteiger partial charge is 0.378 e. The summed E-state index contributed by atoms with van der Waals surface area (Å²) in [6, 6.07) is 6.26. The minimum Gasteiger partial charge on any atom is -0.378 e. The molecule has 1 aromatic rings. The van der Waals surface area contributed by atoms with Crippen LogP contribution in [0.4, 0.5) is 0 Å². The van der Waals surface area contributed by atoms with E-state index in [9.17, 15) is 13.2 Å². The molecule has 2 aliphatic heterocycles. The van der Waals surface area contributed by atoms with Gasteiger partial charge in [-0.05, 0) is 37.5 Å². The van der Waals surface area contributed by atoms with E-state index in [0.29, 0.717) is 45.7 Å². The van der Waals surface area contributed by atoms with Gasteiger partial charge in [0.1, 0.15) is 6.04 Å². The number of aryl methyl sites for hydroxylation is 1. The van der Waals surface area contributed by atoms with Crippen molar-refractivity contribution in [2.24, 2.45) is 0 Å². The van der Waals surface area contributed by atoms with Crippen molar-refractivity contribution in [3.05, 3.63) is 29.8 Å². The Bertz CT molecular complexity index is 683. The molecule has 2 aliphatic rings. The fourth-order valence-electron chi connectivity index (χ4n) is 3.18. The molecule has 23 heavy (non-hydrogen) atoms. The predicted octanol–water partition coefficient (Wildman–Crippen LogP) is 1.01. The Morgan fingerprint density at radius 2 is 1.96 bits per heavy atom. The second-order valence-corrected chi connectivity index (χ2v) is 7.92. The lowest BCUT2D eigenvalue weighted by Gasteiger charge is -2.32. The zero-order valence-electron chi connectivity index (χ0n) is 13.3. The summed E-state index contributed by atoms with van der Waals surface area (Å²) in [5, 5.41) is 0. The Hall–Kier alpha value is -1.44. The number of amides is 1. The van der Waals surface area contributed by atoms with Crippen LogP contribution in [0.15, 0.2) is 29.2 Å². The number of ether oxygens (including phenoxy) is 1. The van der Waals surface area contributed by atoms with Gasteiger partial charge in [-0.3, -0.25) is 4.79 Å². The van der Waals surface area contributed by atoms with Gasteiger partial charge in [0.2, 0.25) is 15.9 Å². The zero-order valence-corrected chi connectivity index (χ0v) is 14.1. The van der Waals surface area contributed by atoms with Crippen LogP contribution in [0.25, 0.3) is 0 Å². The molecule has 0 aromatic heterocycles. The summed E-state index contributed by atoms with van der Waals surface area (Å²) >= 11 is 0. The number of rotatable bonds is 3. The van der Waals surface area contributed by atoms with Crippen molar-refractivity contribution >= 4 is 15.9 Å². The zero-order chi connectivity index (χ0) is 16.4. The molecule has 2 fully saturated rings. The molecular formula is C16H22N2O4S. The van der Waals surface area contributed by atoms with Crippen LogP contribution in [-0.2, 0) is 19.6 Å². The van der Waals surface area contributed by atoms with Crippen LogP contribution in [0, 0.1) is 6.92 Å². The molecule has 1 amide bonds. The van der Waals surface area contributed by atoms with Crippen LogP contribution in [0.1, 0.15) is 18.4 Å². The third-order valence-electron chi connectivity index (χ3n) is 4.41. The lowest BCUT2D eigenvalue weighted by molar-refractivity contribution is -0.138. The fourth-order valence-corrected chi connectivity index (χ4v) is 4.94. The van der Waals surface area contributed by atoms with Gasteiger partial charge < -0.3 is 9.64 Å². The number of hydrogen-bond acceptors (Lipinski definition) is 4. The van der Waals surface area contributed by atoms with Gasteiger partial charge in [-0.1, -0.05) is 12.1 Å². The maximum Gasteiger partial charge on any atom is 0.243 e. The van der Waals surface area contributed by atoms with Gasteiger partial charge in [0.25, 0.3) is 0 Å². The molecule has 0 bridgehead atoms. The first-order valence-electron chi connectivity index (χ1n) is 7.95. The molecule has 2 saturated heterocycles. The molecule has 0 aliphatic carbocycles. The molecule has 126 valence electrons. The van der Waals surface area contributed by atoms with E-state index in [2.05, 4.69) is 0 Å². The highest BCUT2D eigenvalue weighted by Gasteiger charge is 2.41. The summed E-state index contributed by atoms with van der Waals surface area (Å²) in [5.41, 5.74) is 0.890. The van der Waals surface area contributed by atoms with E-state index in [0.717, 1.165) is 5.56 Å². The van der Waals surface area contributed by atoms with Crippen LogP contribution >= 0.6 is 0 Å². The van der Waals surface area contributed by atoms with E-state index in [1.54, 1.807) is 23.1 Å². The van der Waals surface area contributed by atoms with Crippen molar-refractivity contribution in [2.75, 3.05) is 32.8 Å². The van der Waals surface area contributed by atoms with E-state index >= 15 is 0 Å². The average molecular weight is 338 g/mol. The smallest absolute Gasteiger partial charge is 0.243 e. The van der Waals surface area contributed by atoms with Gasteiger partial charge in [-0.15, -0.1) is 0 Å². The van der Waals surface area contributed by atoms with Gasteiger partial charge in [0, 0.05) is 19.6 Å². The third-order valence-corrected chi connectivity index (χ3v) is 6.31. The highest BCUT2D eigenvalue weighted by Crippen LogP contribution is 2.27. The van der Waals surface area contributed by atoms with Gasteiger partial charge >= 0.3 is 0 Å². The molecule has 0 saturated carbocycles. The molecule has 7 heteroatoms. The minimum absolute atomic E-state index is 0.0953. The highest BCUT2D eigenvalue weighted by molar-refractivity contribution is 7.89. The second kappa shape index (κ2) is 6.59. The molecule has 2 heterocycles. The Morgan fingerprint density at radius 1 is 1.22 bits per heavy atom. The van der Waals surface area contributed by atoms with E-state index in [-0.39, 0.29) is 10.8 Å². The molecule has 0 N–H and O–H groups in total. The van der Waals surface area contributed by atoms with Crippen molar-refractivity contribution in [1.82, 2.24) is 9.21 Å². The van der Waals surface area contributed by atoms with E-state index in [4.69, 9.17) is 4.74 Å². The number of morpholine rings is 1. The number of carbonyl (C=O) groups excluding carboxylic acids is 1. The summed E-state index contributed by atoms with van der Waals surface area (Å²) in [7, 11) is -3.64. The lowest BCUT2D eigenvalue weighted by atomic mass is 10.2. The molecule has 0 unspecified atom stereocenters. The topological polar surface area (TPSA) is 66.9 Å². The van der Waals surface area contributed by atoms with Crippen molar-refractivity contribution in [3.63, 3.8) is 0 Å². The van der Waals surface area contributed by atoms with E-state index in [1.165, 1.54) is 4.31 Å². The lowest BCUT2D eigenvalue weighted by Crippen LogP contribution is -2.50. The number of sulfonamides is 1. The van der Waals surface area contributed by atoms with Gasteiger partial charge in [-0.25, -0.2) is 8.42 Å². The highest BCUT2D eigenvalue weighted by atomic mass is 32.2. The van der Waals surface area contributed by atoms with Crippen LogP contribution in [0.3, 0.4) is 0 Å². The maximum atomic E-state index is 12.9. The van der Waals surface area contributed by atoms with Crippen molar-refractivity contribution < 1.29 is 17.9 Å². The predicted molar refractivity (Wildman–Crippen MR) is 85.5 cm³/mol. The van der Waals surface area contributed by atoms with Crippen LogP contribution in [0.2, 0.25) is 0 Å². The molecule has 0 radical (unpaired) electrons. The standard InChI is InChI=1S/C16H22N2O4S/c1-13-4-2-5-14(12-13)23(20,21)18-7-3-6-15(18)16(19)17-8-10-22-11-9-17/h2,4-5,12,15H,3,6-11H2,1H3/t15-/m1/s1. The average Bonchev–Trinajstić information content (AvgIpc) is 3.05. The molecule has 1 atom stereocenters. The summed E-state index contributed by atoms with van der Waals surface area (Å²) in [6.07, 6.45) is 1.30. The molecule has 1 aromatic carbocycles. The first kappa shape index (κ1) is 16.4. The third kappa shape index (κ3) is 3.27. The molecule has 3 rings (SSSR count). The molecule has 6 nitrogen and oxygen atoms in total. The van der Waals surface area contributed by atoms with Gasteiger partial charge in [-0.2, -0.15) is 4.31 Å². The van der Waals surface area contributed by atoms with Crippen molar-refractivity contribution in [3.8, 4) is 0 Å². The van der Waals surface area contributed by atoms with Crippen LogP contribution in [0.5, 0.6) is 0 Å². The molecular weight excluding hydrogens is 316 g/mol. The van der Waals surface area contributed by atoms with E-state index < -0.39 is 16.1 Å². The monoisotopic (exact) mass is 338 g/mol. The Labute approximate surface area is 137 Å². The normalized spacial score (nSPS) is 23.2. The van der Waals surface area contributed by atoms with Crippen LogP contribution in [-0.4, -0.2) is 62.4 Å². The molecule has 0 spiro atoms. The van der Waals surface area contributed by atoms with Gasteiger partial charge in [0.15, 0.2) is 0 Å². The Morgan fingerprint density at radius 3 is 2.65 bits per heavy atom. The summed E-state index contributed by atoms with van der Waals surface area (Å²) < 4.78 is 32.5. The van der Waals surface area contributed by atoms with Crippen molar-refractivity contribution in [2.45, 2.75) is 30.7 Å². The van der Waals surface area contributed by atoms with E-state index in [1.807, 2.05) is 13.0 Å². The summed E-state index contributed by atoms with van der Waals surface area (Å²) in [4.78, 5) is 14.7. The number of nitrogens with zero attached hydrogens (tertiary/aromatic N) is 2. The maximum absolute atomic E-state index is 12.9. The fraction of sp³-hybridized carbons (Fsp3) is 0.562. The van der Waals surface area contributed by atoms with Gasteiger partial charge in [0.05, 0.1) is 18.1 Å². The number of hydrogen-bond donors (Lipinski definition) is 0. The minimum atomic E-state index is -3.64. The SMILES string of the molecule is Cc1cccc(S(=O)(=O)N2CCC[C@@H]2C(=O)N2CCOCC2)c1. The van der Waals surface area contributed by atoms with Crippen LogP contribution < -0.4 is 0 Å². The summed E-state index contributed by atoms with van der Waals surface area (Å²) in [5.74, 6) is -0.0953. The number of carbonyl (C=O) groups is 1. The quantitative estimate of drug-likeness (QED) is 0.825. The van der Waals surface area contributed by atoms with Crippen molar-refractivity contribution in [1.29, 1.82) is 0 Å². The first-order valence-corrected chi connectivity index (χ1v) is 9.39. The Balaban J connectivity index is 1.84.